The molecule has 0 spiro atoms. The molecule has 27 heavy (non-hydrogen) atoms. The lowest BCUT2D eigenvalue weighted by atomic mass is 9.94. The van der Waals surface area contributed by atoms with Crippen LogP contribution in [-0.2, 0) is 16.8 Å². The van der Waals surface area contributed by atoms with E-state index in [0.29, 0.717) is 6.54 Å². The number of anilines is 1. The molecular formula is C18H21ClN4O3S. The number of aryl methyl sites for hydroxylation is 1. The van der Waals surface area contributed by atoms with E-state index in [4.69, 9.17) is 31.7 Å². The first-order chi connectivity index (χ1) is 12.9. The minimum absolute atomic E-state index is 0.0974. The maximum Gasteiger partial charge on any atom is 0.290 e. The van der Waals surface area contributed by atoms with Crippen LogP contribution in [0.3, 0.4) is 0 Å². The van der Waals surface area contributed by atoms with Crippen molar-refractivity contribution < 1.29 is 14.3 Å². The van der Waals surface area contributed by atoms with E-state index >= 15 is 0 Å². The van der Waals surface area contributed by atoms with Crippen LogP contribution in [0.5, 0.6) is 0 Å². The van der Waals surface area contributed by atoms with Gasteiger partial charge in [-0.15, -0.1) is 11.3 Å². The Balaban J connectivity index is 0.000000659. The molecule has 144 valence electrons. The van der Waals surface area contributed by atoms with Crippen molar-refractivity contribution in [1.29, 1.82) is 0 Å². The SMILES string of the molecule is Cc1c(C2([C@H](C)N)CC2)sc2c(NCc3ccco3)nc(Cl)nc12.O=CO. The number of hydrogen-bond donors (Lipinski definition) is 3. The molecule has 0 aliphatic heterocycles. The molecule has 3 aromatic rings. The summed E-state index contributed by atoms with van der Waals surface area (Å²) < 4.78 is 6.40. The Hall–Kier alpha value is -2.16. The number of aromatic nitrogens is 2. The summed E-state index contributed by atoms with van der Waals surface area (Å²) in [4.78, 5) is 18.5. The lowest BCUT2D eigenvalue weighted by molar-refractivity contribution is -0.122. The van der Waals surface area contributed by atoms with Gasteiger partial charge in [0.15, 0.2) is 0 Å². The summed E-state index contributed by atoms with van der Waals surface area (Å²) in [6, 6.07) is 3.92. The Morgan fingerprint density at radius 2 is 2.22 bits per heavy atom. The fourth-order valence-electron chi connectivity index (χ4n) is 3.26. The summed E-state index contributed by atoms with van der Waals surface area (Å²) in [5, 5.41) is 10.5. The zero-order valence-electron chi connectivity index (χ0n) is 15.0. The van der Waals surface area contributed by atoms with Crippen LogP contribution in [0.25, 0.3) is 10.2 Å². The van der Waals surface area contributed by atoms with Gasteiger partial charge in [0, 0.05) is 16.3 Å². The van der Waals surface area contributed by atoms with E-state index in [1.54, 1.807) is 17.6 Å². The molecule has 1 fully saturated rings. The number of fused-ring (bicyclic) bond motifs is 1. The maximum atomic E-state index is 8.36. The largest absolute Gasteiger partial charge is 0.483 e. The lowest BCUT2D eigenvalue weighted by Gasteiger charge is -2.18. The number of halogens is 1. The van der Waals surface area contributed by atoms with Gasteiger partial charge in [-0.2, -0.15) is 4.98 Å². The molecule has 4 rings (SSSR count). The molecule has 0 bridgehead atoms. The van der Waals surface area contributed by atoms with E-state index in [2.05, 4.69) is 29.1 Å². The van der Waals surface area contributed by atoms with Gasteiger partial charge in [-0.1, -0.05) is 0 Å². The molecule has 0 radical (unpaired) electrons. The predicted octanol–water partition coefficient (Wildman–Crippen LogP) is 3.94. The predicted molar refractivity (Wildman–Crippen MR) is 106 cm³/mol. The Bertz CT molecular complexity index is 936. The average Bonchev–Trinajstić information content (AvgIpc) is 3.14. The molecule has 4 N–H and O–H groups in total. The fourth-order valence-corrected chi connectivity index (χ4v) is 4.99. The van der Waals surface area contributed by atoms with E-state index in [1.165, 1.54) is 10.4 Å². The van der Waals surface area contributed by atoms with Gasteiger partial charge in [-0.25, -0.2) is 4.98 Å². The second-order valence-corrected chi connectivity index (χ2v) is 7.92. The second kappa shape index (κ2) is 7.84. The van der Waals surface area contributed by atoms with Gasteiger partial charge in [0.1, 0.15) is 11.6 Å². The number of carbonyl (C=O) groups is 1. The van der Waals surface area contributed by atoms with Crippen LogP contribution in [0, 0.1) is 6.92 Å². The Morgan fingerprint density at radius 1 is 1.52 bits per heavy atom. The standard InChI is InChI=1S/C17H19ClN4OS.CH2O2/c1-9-12-13(24-14(9)17(5-6-17)10(2)19)15(22-16(18)21-12)20-8-11-4-3-7-23-11;2-1-3/h3-4,7,10H,5-6,8,19H2,1-2H3,(H,20,21,22);1H,(H,2,3)/t10-;/m0./s1. The molecule has 0 saturated heterocycles. The molecule has 1 aliphatic carbocycles. The summed E-state index contributed by atoms with van der Waals surface area (Å²) in [6.45, 7) is 4.50. The molecule has 3 heterocycles. The highest BCUT2D eigenvalue weighted by Crippen LogP contribution is 2.55. The highest BCUT2D eigenvalue weighted by molar-refractivity contribution is 7.20. The Kier molecular flexibility index (Phi) is 5.69. The van der Waals surface area contributed by atoms with Crippen LogP contribution in [0.15, 0.2) is 22.8 Å². The average molecular weight is 409 g/mol. The van der Waals surface area contributed by atoms with Crippen molar-refractivity contribution in [2.24, 2.45) is 5.73 Å². The third-order valence-electron chi connectivity index (χ3n) is 4.86. The molecule has 0 aromatic carbocycles. The molecule has 7 nitrogen and oxygen atoms in total. The number of nitrogens with two attached hydrogens (primary N) is 1. The molecule has 0 unspecified atom stereocenters. The van der Waals surface area contributed by atoms with Crippen LogP contribution < -0.4 is 11.1 Å². The van der Waals surface area contributed by atoms with Crippen LogP contribution in [0.4, 0.5) is 5.82 Å². The lowest BCUT2D eigenvalue weighted by Crippen LogP contribution is -2.31. The van der Waals surface area contributed by atoms with Crippen molar-refractivity contribution in [3.8, 4) is 0 Å². The van der Waals surface area contributed by atoms with Gasteiger partial charge in [0.2, 0.25) is 5.28 Å². The Morgan fingerprint density at radius 3 is 2.78 bits per heavy atom. The highest BCUT2D eigenvalue weighted by Gasteiger charge is 2.49. The second-order valence-electron chi connectivity index (χ2n) is 6.56. The van der Waals surface area contributed by atoms with E-state index < -0.39 is 0 Å². The zero-order chi connectivity index (χ0) is 19.6. The van der Waals surface area contributed by atoms with Gasteiger partial charge in [0.25, 0.3) is 6.47 Å². The number of nitrogens with zero attached hydrogens (tertiary/aromatic N) is 2. The smallest absolute Gasteiger partial charge is 0.290 e. The summed E-state index contributed by atoms with van der Waals surface area (Å²) >= 11 is 7.89. The number of furan rings is 1. The van der Waals surface area contributed by atoms with E-state index in [-0.39, 0.29) is 23.2 Å². The third kappa shape index (κ3) is 3.78. The monoisotopic (exact) mass is 408 g/mol. The molecule has 3 aromatic heterocycles. The Labute approximate surface area is 165 Å². The number of rotatable bonds is 5. The van der Waals surface area contributed by atoms with Crippen LogP contribution in [0.1, 0.15) is 36.0 Å². The maximum absolute atomic E-state index is 8.36. The molecule has 0 amide bonds. The fraction of sp³-hybridized carbons (Fsp3) is 0.389. The van der Waals surface area contributed by atoms with Crippen molar-refractivity contribution in [2.45, 2.75) is 44.7 Å². The van der Waals surface area contributed by atoms with Crippen LogP contribution >= 0.6 is 22.9 Å². The van der Waals surface area contributed by atoms with Crippen LogP contribution in [-0.4, -0.2) is 27.6 Å². The molecule has 1 aliphatic rings. The first-order valence-electron chi connectivity index (χ1n) is 8.49. The number of carboxylic acid groups (broad SMARTS) is 1. The van der Waals surface area contributed by atoms with Crippen molar-refractivity contribution in [2.75, 3.05) is 5.32 Å². The topological polar surface area (TPSA) is 114 Å². The molecule has 1 saturated carbocycles. The number of nitrogens with one attached hydrogen (secondary N) is 1. The summed E-state index contributed by atoms with van der Waals surface area (Å²) in [7, 11) is 0. The van der Waals surface area contributed by atoms with Crippen LogP contribution in [0.2, 0.25) is 5.28 Å². The van der Waals surface area contributed by atoms with Crippen molar-refractivity contribution in [3.05, 3.63) is 39.9 Å². The van der Waals surface area contributed by atoms with Crippen molar-refractivity contribution in [1.82, 2.24) is 9.97 Å². The molecule has 1 atom stereocenters. The summed E-state index contributed by atoms with van der Waals surface area (Å²) in [6.07, 6.45) is 3.93. The minimum atomic E-state index is -0.250. The normalized spacial score (nSPS) is 15.7. The first kappa shape index (κ1) is 19.6. The van der Waals surface area contributed by atoms with E-state index in [0.717, 1.165) is 34.6 Å². The minimum Gasteiger partial charge on any atom is -0.483 e. The quantitative estimate of drug-likeness (QED) is 0.432. The van der Waals surface area contributed by atoms with Crippen molar-refractivity contribution in [3.63, 3.8) is 0 Å². The van der Waals surface area contributed by atoms with Gasteiger partial charge in [-0.3, -0.25) is 4.79 Å². The first-order valence-corrected chi connectivity index (χ1v) is 9.69. The molecular weight excluding hydrogens is 388 g/mol. The molecule has 9 heteroatoms. The van der Waals surface area contributed by atoms with Gasteiger partial charge >= 0.3 is 0 Å². The third-order valence-corrected chi connectivity index (χ3v) is 6.54. The van der Waals surface area contributed by atoms with Gasteiger partial charge in [-0.05, 0) is 56.0 Å². The van der Waals surface area contributed by atoms with Gasteiger partial charge < -0.3 is 20.6 Å². The van der Waals surface area contributed by atoms with E-state index in [9.17, 15) is 0 Å². The summed E-state index contributed by atoms with van der Waals surface area (Å²) in [5.74, 6) is 1.60. The number of thiophene rings is 1. The highest BCUT2D eigenvalue weighted by atomic mass is 35.5. The zero-order valence-corrected chi connectivity index (χ0v) is 16.6. The number of hydrogen-bond acceptors (Lipinski definition) is 7. The van der Waals surface area contributed by atoms with E-state index in [1.807, 2.05) is 12.1 Å². The van der Waals surface area contributed by atoms with Crippen molar-refractivity contribution >= 4 is 45.4 Å². The van der Waals surface area contributed by atoms with Gasteiger partial charge in [0.05, 0.1) is 23.0 Å². The summed E-state index contributed by atoms with van der Waals surface area (Å²) in [5.41, 5.74) is 8.46.